The van der Waals surface area contributed by atoms with E-state index in [9.17, 15) is 8.42 Å². The average Bonchev–Trinajstić information content (AvgIpc) is 2.78. The molecule has 1 unspecified atom stereocenters. The van der Waals surface area contributed by atoms with Crippen LogP contribution in [0.15, 0.2) is 18.2 Å². The van der Waals surface area contributed by atoms with Gasteiger partial charge < -0.3 is 0 Å². The third-order valence-electron chi connectivity index (χ3n) is 5.41. The lowest BCUT2D eigenvalue weighted by Crippen LogP contribution is -2.34. The standard InChI is InChI=1S/C20H28ClN3O2S/c1-14-8-9-15(2)19(11-14)24-20(21)18(16(3)22-24)13-23-10-6-5-7-17(12-23)27(4,25)26/h8-9,11,17H,5-7,10,12-13H2,1-4H3. The van der Waals surface area contributed by atoms with E-state index in [1.165, 1.54) is 6.26 Å². The van der Waals surface area contributed by atoms with Gasteiger partial charge in [-0.2, -0.15) is 5.10 Å². The predicted molar refractivity (Wildman–Crippen MR) is 111 cm³/mol. The van der Waals surface area contributed by atoms with E-state index in [1.807, 2.05) is 13.8 Å². The van der Waals surface area contributed by atoms with Gasteiger partial charge in [0, 0.05) is 24.9 Å². The number of benzene rings is 1. The monoisotopic (exact) mass is 409 g/mol. The summed E-state index contributed by atoms with van der Waals surface area (Å²) in [5.41, 5.74) is 5.13. The minimum Gasteiger partial charge on any atom is -0.298 e. The van der Waals surface area contributed by atoms with Crippen molar-refractivity contribution in [2.45, 2.75) is 51.8 Å². The van der Waals surface area contributed by atoms with Gasteiger partial charge in [-0.15, -0.1) is 0 Å². The second kappa shape index (κ2) is 7.94. The Balaban J connectivity index is 1.90. The molecule has 2 aromatic rings. The highest BCUT2D eigenvalue weighted by molar-refractivity contribution is 7.91. The average molecular weight is 410 g/mol. The molecular weight excluding hydrogens is 382 g/mol. The van der Waals surface area contributed by atoms with Crippen LogP contribution in [0.25, 0.3) is 5.69 Å². The molecule has 0 radical (unpaired) electrons. The molecule has 148 valence electrons. The van der Waals surface area contributed by atoms with Gasteiger partial charge in [0.05, 0.1) is 16.6 Å². The number of hydrogen-bond donors (Lipinski definition) is 0. The van der Waals surface area contributed by atoms with Gasteiger partial charge >= 0.3 is 0 Å². The van der Waals surface area contributed by atoms with Gasteiger partial charge in [-0.1, -0.05) is 30.2 Å². The molecular formula is C20H28ClN3O2S. The number of rotatable bonds is 4. The van der Waals surface area contributed by atoms with E-state index in [0.29, 0.717) is 18.2 Å². The summed E-state index contributed by atoms with van der Waals surface area (Å²) in [4.78, 5) is 2.21. The van der Waals surface area contributed by atoms with Crippen LogP contribution in [0.5, 0.6) is 0 Å². The summed E-state index contributed by atoms with van der Waals surface area (Å²) in [6.07, 6.45) is 4.04. The number of sulfone groups is 1. The van der Waals surface area contributed by atoms with Gasteiger partial charge in [-0.25, -0.2) is 13.1 Å². The van der Waals surface area contributed by atoms with Gasteiger partial charge in [0.1, 0.15) is 5.15 Å². The molecule has 0 amide bonds. The summed E-state index contributed by atoms with van der Waals surface area (Å²) >= 11 is 6.73. The second-order valence-electron chi connectivity index (χ2n) is 7.74. The normalized spacial score (nSPS) is 19.2. The molecule has 1 aromatic carbocycles. The Morgan fingerprint density at radius 1 is 1.22 bits per heavy atom. The summed E-state index contributed by atoms with van der Waals surface area (Å²) < 4.78 is 25.9. The number of nitrogens with zero attached hydrogens (tertiary/aromatic N) is 3. The smallest absolute Gasteiger partial charge is 0.151 e. The molecule has 1 aromatic heterocycles. The highest BCUT2D eigenvalue weighted by atomic mass is 35.5. The lowest BCUT2D eigenvalue weighted by molar-refractivity contribution is 0.277. The van der Waals surface area contributed by atoms with Gasteiger partial charge in [0.25, 0.3) is 0 Å². The van der Waals surface area contributed by atoms with E-state index < -0.39 is 9.84 Å². The van der Waals surface area contributed by atoms with Crippen LogP contribution >= 0.6 is 11.6 Å². The van der Waals surface area contributed by atoms with Crippen molar-refractivity contribution in [1.82, 2.24) is 14.7 Å². The largest absolute Gasteiger partial charge is 0.298 e. The number of likely N-dealkylation sites (tertiary alicyclic amines) is 1. The Morgan fingerprint density at radius 3 is 2.67 bits per heavy atom. The lowest BCUT2D eigenvalue weighted by Gasteiger charge is -2.23. The fourth-order valence-corrected chi connectivity index (χ4v) is 5.11. The first kappa shape index (κ1) is 20.4. The first-order valence-corrected chi connectivity index (χ1v) is 11.7. The molecule has 2 heterocycles. The number of aromatic nitrogens is 2. The summed E-state index contributed by atoms with van der Waals surface area (Å²) in [5.74, 6) is 0. The topological polar surface area (TPSA) is 55.2 Å². The molecule has 0 spiro atoms. The van der Waals surface area contributed by atoms with Crippen molar-refractivity contribution in [3.05, 3.63) is 45.7 Å². The Kier molecular flexibility index (Phi) is 5.99. The fourth-order valence-electron chi connectivity index (χ4n) is 3.71. The van der Waals surface area contributed by atoms with Crippen LogP contribution in [0.2, 0.25) is 5.15 Å². The van der Waals surface area contributed by atoms with Crippen LogP contribution in [0, 0.1) is 20.8 Å². The summed E-state index contributed by atoms with van der Waals surface area (Å²) in [6, 6.07) is 6.23. The van der Waals surface area contributed by atoms with Gasteiger partial charge in [0.2, 0.25) is 0 Å². The Morgan fingerprint density at radius 2 is 1.96 bits per heavy atom. The van der Waals surface area contributed by atoms with E-state index in [0.717, 1.165) is 53.9 Å². The van der Waals surface area contributed by atoms with Crippen molar-refractivity contribution in [2.24, 2.45) is 0 Å². The van der Waals surface area contributed by atoms with E-state index in [2.05, 4.69) is 35.1 Å². The maximum atomic E-state index is 12.1. The summed E-state index contributed by atoms with van der Waals surface area (Å²) in [5, 5.41) is 4.99. The van der Waals surface area contributed by atoms with E-state index >= 15 is 0 Å². The highest BCUT2D eigenvalue weighted by Gasteiger charge is 2.27. The molecule has 1 atom stereocenters. The van der Waals surface area contributed by atoms with E-state index in [-0.39, 0.29) is 5.25 Å². The van der Waals surface area contributed by atoms with Crippen molar-refractivity contribution < 1.29 is 8.42 Å². The van der Waals surface area contributed by atoms with Crippen LogP contribution in [-0.2, 0) is 16.4 Å². The van der Waals surface area contributed by atoms with E-state index in [1.54, 1.807) is 4.68 Å². The highest BCUT2D eigenvalue weighted by Crippen LogP contribution is 2.28. The number of halogens is 1. The SMILES string of the molecule is Cc1ccc(C)c(-n2nc(C)c(CN3CCCCC(S(C)(=O)=O)C3)c2Cl)c1. The van der Waals surface area contributed by atoms with Crippen LogP contribution in [0.3, 0.4) is 0 Å². The molecule has 0 aliphatic carbocycles. The first-order chi connectivity index (χ1) is 12.7. The molecule has 5 nitrogen and oxygen atoms in total. The second-order valence-corrected chi connectivity index (χ2v) is 10.4. The van der Waals surface area contributed by atoms with Crippen molar-refractivity contribution in [3.8, 4) is 5.69 Å². The number of aryl methyl sites for hydroxylation is 3. The molecule has 0 bridgehead atoms. The number of hydrogen-bond acceptors (Lipinski definition) is 4. The minimum absolute atomic E-state index is 0.298. The van der Waals surface area contributed by atoms with Crippen LogP contribution in [0.4, 0.5) is 0 Å². The van der Waals surface area contributed by atoms with Crippen molar-refractivity contribution in [1.29, 1.82) is 0 Å². The lowest BCUT2D eigenvalue weighted by atomic mass is 10.1. The van der Waals surface area contributed by atoms with Crippen LogP contribution in [0.1, 0.15) is 41.6 Å². The van der Waals surface area contributed by atoms with Gasteiger partial charge in [-0.3, -0.25) is 4.90 Å². The Labute approximate surface area is 167 Å². The summed E-state index contributed by atoms with van der Waals surface area (Å²) in [6.45, 7) is 8.14. The molecule has 0 N–H and O–H groups in total. The van der Waals surface area contributed by atoms with Crippen LogP contribution in [-0.4, -0.2) is 47.7 Å². The summed E-state index contributed by atoms with van der Waals surface area (Å²) in [7, 11) is -3.04. The molecule has 3 rings (SSSR count). The fraction of sp³-hybridized carbons (Fsp3) is 0.550. The third kappa shape index (κ3) is 4.55. The predicted octanol–water partition coefficient (Wildman–Crippen LogP) is 3.85. The van der Waals surface area contributed by atoms with E-state index in [4.69, 9.17) is 11.6 Å². The zero-order valence-corrected chi connectivity index (χ0v) is 18.1. The molecule has 1 saturated heterocycles. The van der Waals surface area contributed by atoms with Crippen LogP contribution < -0.4 is 0 Å². The maximum Gasteiger partial charge on any atom is 0.151 e. The van der Waals surface area contributed by atoms with Crippen molar-refractivity contribution >= 4 is 21.4 Å². The quantitative estimate of drug-likeness (QED) is 0.769. The van der Waals surface area contributed by atoms with Crippen molar-refractivity contribution in [2.75, 3.05) is 19.3 Å². The molecule has 27 heavy (non-hydrogen) atoms. The van der Waals surface area contributed by atoms with Gasteiger partial charge in [-0.05, 0) is 57.4 Å². The Hall–Kier alpha value is -1.37. The Bertz CT molecular complexity index is 937. The third-order valence-corrected chi connectivity index (χ3v) is 7.40. The molecule has 7 heteroatoms. The first-order valence-electron chi connectivity index (χ1n) is 9.39. The molecule has 1 aliphatic rings. The molecule has 1 aliphatic heterocycles. The maximum absolute atomic E-state index is 12.1. The zero-order chi connectivity index (χ0) is 19.8. The van der Waals surface area contributed by atoms with Crippen molar-refractivity contribution in [3.63, 3.8) is 0 Å². The molecule has 1 fully saturated rings. The minimum atomic E-state index is -3.04. The zero-order valence-electron chi connectivity index (χ0n) is 16.5. The molecule has 0 saturated carbocycles. The van der Waals surface area contributed by atoms with Gasteiger partial charge in [0.15, 0.2) is 9.84 Å².